The van der Waals surface area contributed by atoms with Gasteiger partial charge in [-0.15, -0.1) is 0 Å². The van der Waals surface area contributed by atoms with Crippen LogP contribution in [0.25, 0.3) is 0 Å². The second-order valence-electron chi connectivity index (χ2n) is 4.55. The molecule has 0 amide bonds. The Hall–Kier alpha value is -1.31. The first-order chi connectivity index (χ1) is 9.54. The molecule has 1 aliphatic heterocycles. The lowest BCUT2D eigenvalue weighted by molar-refractivity contribution is 0.153. The van der Waals surface area contributed by atoms with Gasteiger partial charge < -0.3 is 15.2 Å². The SMILES string of the molecule is CCOCCNS(=O)(=O)c1cc(N)cc2c1OCCC2. The number of nitrogen functional groups attached to an aromatic ring is 1. The van der Waals surface area contributed by atoms with Crippen molar-refractivity contribution in [3.8, 4) is 5.75 Å². The first-order valence-electron chi connectivity index (χ1n) is 6.67. The van der Waals surface area contributed by atoms with Gasteiger partial charge in [0.15, 0.2) is 0 Å². The molecule has 1 aromatic rings. The van der Waals surface area contributed by atoms with E-state index in [9.17, 15) is 8.42 Å². The zero-order chi connectivity index (χ0) is 14.6. The summed E-state index contributed by atoms with van der Waals surface area (Å²) in [7, 11) is -3.64. The van der Waals surface area contributed by atoms with Gasteiger partial charge in [0.1, 0.15) is 10.6 Å². The minimum atomic E-state index is -3.64. The number of nitrogens with one attached hydrogen (secondary N) is 1. The summed E-state index contributed by atoms with van der Waals surface area (Å²) >= 11 is 0. The molecule has 0 bridgehead atoms. The molecule has 0 fully saturated rings. The van der Waals surface area contributed by atoms with Gasteiger partial charge in [-0.25, -0.2) is 13.1 Å². The summed E-state index contributed by atoms with van der Waals surface area (Å²) in [6.45, 7) is 3.49. The summed E-state index contributed by atoms with van der Waals surface area (Å²) in [5, 5.41) is 0. The van der Waals surface area contributed by atoms with Crippen LogP contribution in [-0.2, 0) is 21.2 Å². The lowest BCUT2D eigenvalue weighted by Gasteiger charge is -2.21. The predicted molar refractivity (Wildman–Crippen MR) is 76.4 cm³/mol. The molecule has 0 atom stereocenters. The van der Waals surface area contributed by atoms with Gasteiger partial charge in [0.25, 0.3) is 0 Å². The first kappa shape index (κ1) is 15.1. The van der Waals surface area contributed by atoms with E-state index >= 15 is 0 Å². The van der Waals surface area contributed by atoms with Gasteiger partial charge in [0.2, 0.25) is 10.0 Å². The Bertz CT molecular complexity index is 572. The molecule has 1 aliphatic rings. The van der Waals surface area contributed by atoms with Crippen molar-refractivity contribution in [2.24, 2.45) is 0 Å². The van der Waals surface area contributed by atoms with Crippen molar-refractivity contribution in [2.45, 2.75) is 24.7 Å². The number of sulfonamides is 1. The van der Waals surface area contributed by atoms with Crippen LogP contribution in [0.1, 0.15) is 18.9 Å². The third kappa shape index (κ3) is 3.41. The monoisotopic (exact) mass is 300 g/mol. The van der Waals surface area contributed by atoms with Crippen molar-refractivity contribution in [2.75, 3.05) is 32.1 Å². The molecule has 0 saturated carbocycles. The standard InChI is InChI=1S/C13H20N2O4S/c1-2-18-7-5-15-20(16,17)12-9-11(14)8-10-4-3-6-19-13(10)12/h8-9,15H,2-7,14H2,1H3. The van der Waals surface area contributed by atoms with Crippen LogP contribution < -0.4 is 15.2 Å². The molecule has 0 aliphatic carbocycles. The van der Waals surface area contributed by atoms with E-state index in [0.717, 1.165) is 18.4 Å². The van der Waals surface area contributed by atoms with E-state index in [0.29, 0.717) is 31.3 Å². The van der Waals surface area contributed by atoms with Crippen molar-refractivity contribution in [1.29, 1.82) is 0 Å². The van der Waals surface area contributed by atoms with Crippen LogP contribution in [0.15, 0.2) is 17.0 Å². The summed E-state index contributed by atoms with van der Waals surface area (Å²) in [4.78, 5) is 0.115. The van der Waals surface area contributed by atoms with Gasteiger partial charge in [-0.3, -0.25) is 0 Å². The lowest BCUT2D eigenvalue weighted by atomic mass is 10.1. The molecular formula is C13H20N2O4S. The van der Waals surface area contributed by atoms with Crippen molar-refractivity contribution in [3.63, 3.8) is 0 Å². The molecule has 3 N–H and O–H groups in total. The average Bonchev–Trinajstić information content (AvgIpc) is 2.42. The van der Waals surface area contributed by atoms with Crippen molar-refractivity contribution >= 4 is 15.7 Å². The number of hydrogen-bond donors (Lipinski definition) is 2. The number of nitrogens with two attached hydrogens (primary N) is 1. The first-order valence-corrected chi connectivity index (χ1v) is 8.15. The third-order valence-electron chi connectivity index (χ3n) is 3.02. The molecule has 1 heterocycles. The van der Waals surface area contributed by atoms with Gasteiger partial charge in [-0.2, -0.15) is 0 Å². The Morgan fingerprint density at radius 1 is 1.45 bits per heavy atom. The van der Waals surface area contributed by atoms with E-state index in [1.54, 1.807) is 6.07 Å². The van der Waals surface area contributed by atoms with E-state index in [2.05, 4.69) is 4.72 Å². The molecule has 20 heavy (non-hydrogen) atoms. The molecular weight excluding hydrogens is 280 g/mol. The number of ether oxygens (including phenoxy) is 2. The number of benzene rings is 1. The Balaban J connectivity index is 2.24. The zero-order valence-electron chi connectivity index (χ0n) is 11.5. The summed E-state index contributed by atoms with van der Waals surface area (Å²) in [6, 6.07) is 3.21. The van der Waals surface area contributed by atoms with Crippen molar-refractivity contribution in [3.05, 3.63) is 17.7 Å². The van der Waals surface area contributed by atoms with Gasteiger partial charge >= 0.3 is 0 Å². The Morgan fingerprint density at radius 2 is 2.25 bits per heavy atom. The highest BCUT2D eigenvalue weighted by Gasteiger charge is 2.24. The smallest absolute Gasteiger partial charge is 0.244 e. The second kappa shape index (κ2) is 6.43. The third-order valence-corrected chi connectivity index (χ3v) is 4.49. The molecule has 7 heteroatoms. The largest absolute Gasteiger partial charge is 0.492 e. The highest BCUT2D eigenvalue weighted by Crippen LogP contribution is 2.34. The van der Waals surface area contributed by atoms with E-state index in [1.807, 2.05) is 6.92 Å². The maximum atomic E-state index is 12.3. The summed E-state index contributed by atoms with van der Waals surface area (Å²) in [5.41, 5.74) is 7.06. The van der Waals surface area contributed by atoms with Gasteiger partial charge in [-0.1, -0.05) is 0 Å². The van der Waals surface area contributed by atoms with Crippen molar-refractivity contribution in [1.82, 2.24) is 4.72 Å². The van der Waals surface area contributed by atoms with Crippen LogP contribution in [0.2, 0.25) is 0 Å². The molecule has 0 unspecified atom stereocenters. The van der Waals surface area contributed by atoms with E-state index < -0.39 is 10.0 Å². The quantitative estimate of drug-likeness (QED) is 0.602. The maximum absolute atomic E-state index is 12.3. The number of hydrogen-bond acceptors (Lipinski definition) is 5. The molecule has 0 aromatic heterocycles. The van der Waals surface area contributed by atoms with Crippen LogP contribution in [0, 0.1) is 0 Å². The minimum absolute atomic E-state index is 0.115. The number of rotatable bonds is 6. The molecule has 1 aromatic carbocycles. The van der Waals surface area contributed by atoms with E-state index in [1.165, 1.54) is 6.07 Å². The fourth-order valence-electron chi connectivity index (χ4n) is 2.14. The number of aryl methyl sites for hydroxylation is 1. The van der Waals surface area contributed by atoms with E-state index in [-0.39, 0.29) is 11.4 Å². The summed E-state index contributed by atoms with van der Waals surface area (Å²) in [6.07, 6.45) is 1.65. The van der Waals surface area contributed by atoms with E-state index in [4.69, 9.17) is 15.2 Å². The highest BCUT2D eigenvalue weighted by molar-refractivity contribution is 7.89. The van der Waals surface area contributed by atoms with Crippen LogP contribution in [-0.4, -0.2) is 34.8 Å². The van der Waals surface area contributed by atoms with Crippen LogP contribution in [0.4, 0.5) is 5.69 Å². The predicted octanol–water partition coefficient (Wildman–Crippen LogP) is 0.909. The van der Waals surface area contributed by atoms with Crippen LogP contribution in [0.5, 0.6) is 5.75 Å². The maximum Gasteiger partial charge on any atom is 0.244 e. The number of fused-ring (bicyclic) bond motifs is 1. The average molecular weight is 300 g/mol. The van der Waals surface area contributed by atoms with Gasteiger partial charge in [0, 0.05) is 18.8 Å². The Labute approximate surface area is 119 Å². The second-order valence-corrected chi connectivity index (χ2v) is 6.29. The number of anilines is 1. The van der Waals surface area contributed by atoms with Crippen LogP contribution >= 0.6 is 0 Å². The van der Waals surface area contributed by atoms with Crippen LogP contribution in [0.3, 0.4) is 0 Å². The molecule has 0 radical (unpaired) electrons. The fourth-order valence-corrected chi connectivity index (χ4v) is 3.37. The lowest BCUT2D eigenvalue weighted by Crippen LogP contribution is -2.28. The van der Waals surface area contributed by atoms with Crippen molar-refractivity contribution < 1.29 is 17.9 Å². The molecule has 0 spiro atoms. The molecule has 6 nitrogen and oxygen atoms in total. The Kier molecular flexibility index (Phi) is 4.85. The van der Waals surface area contributed by atoms with Gasteiger partial charge in [-0.05, 0) is 37.5 Å². The summed E-state index contributed by atoms with van der Waals surface area (Å²) in [5.74, 6) is 0.425. The Morgan fingerprint density at radius 3 is 3.00 bits per heavy atom. The fraction of sp³-hybridized carbons (Fsp3) is 0.538. The molecule has 112 valence electrons. The highest BCUT2D eigenvalue weighted by atomic mass is 32.2. The zero-order valence-corrected chi connectivity index (χ0v) is 12.3. The van der Waals surface area contributed by atoms with Gasteiger partial charge in [0.05, 0.1) is 13.2 Å². The normalized spacial score (nSPS) is 14.7. The molecule has 0 saturated heterocycles. The topological polar surface area (TPSA) is 90.7 Å². The minimum Gasteiger partial charge on any atom is -0.492 e. The summed E-state index contributed by atoms with van der Waals surface area (Å²) < 4.78 is 37.8. The molecule has 2 rings (SSSR count).